The Morgan fingerprint density at radius 1 is 1.05 bits per heavy atom. The van der Waals surface area contributed by atoms with Crippen molar-refractivity contribution in [1.82, 2.24) is 0 Å². The van der Waals surface area contributed by atoms with E-state index in [1.165, 1.54) is 5.56 Å². The normalized spacial score (nSPS) is 25.3. The van der Waals surface area contributed by atoms with E-state index in [-0.39, 0.29) is 18.1 Å². The molecule has 1 aromatic carbocycles. The molecule has 0 spiro atoms. The van der Waals surface area contributed by atoms with E-state index in [1.807, 2.05) is 58.0 Å². The third-order valence-corrected chi connectivity index (χ3v) is 4.09. The second-order valence-electron chi connectivity index (χ2n) is 5.80. The molecule has 1 aromatic rings. The lowest BCUT2D eigenvalue weighted by atomic mass is 9.87. The van der Waals surface area contributed by atoms with E-state index in [9.17, 15) is 0 Å². The van der Waals surface area contributed by atoms with Gasteiger partial charge in [-0.25, -0.2) is 0 Å². The van der Waals surface area contributed by atoms with Crippen molar-refractivity contribution in [3.8, 4) is 0 Å². The van der Waals surface area contributed by atoms with Crippen molar-refractivity contribution in [2.75, 3.05) is 0 Å². The van der Waals surface area contributed by atoms with Gasteiger partial charge >= 0.3 is 0 Å². The molecule has 0 saturated carbocycles. The Hall–Kier alpha value is -1.06. The van der Waals surface area contributed by atoms with Crippen molar-refractivity contribution < 1.29 is 9.47 Å². The lowest BCUT2D eigenvalue weighted by Gasteiger charge is -2.38. The van der Waals surface area contributed by atoms with Crippen molar-refractivity contribution in [2.24, 2.45) is 0 Å². The smallest absolute Gasteiger partial charge is 0.155 e. The van der Waals surface area contributed by atoms with E-state index >= 15 is 0 Å². The summed E-state index contributed by atoms with van der Waals surface area (Å²) >= 11 is 3.80. The van der Waals surface area contributed by atoms with Crippen LogP contribution in [0.3, 0.4) is 0 Å². The van der Waals surface area contributed by atoms with Crippen LogP contribution in [-0.2, 0) is 9.47 Å². The van der Waals surface area contributed by atoms with Gasteiger partial charge in [-0.15, -0.1) is 0 Å². The van der Waals surface area contributed by atoms with Crippen molar-refractivity contribution in [3.63, 3.8) is 0 Å². The molecule has 0 amide bonds. The molecule has 0 fully saturated rings. The molecule has 2 nitrogen and oxygen atoms in total. The third-order valence-electron chi connectivity index (χ3n) is 3.18. The predicted molar refractivity (Wildman–Crippen MR) is 90.5 cm³/mol. The molecular formula is C18H23BrO2. The number of rotatable bonds is 5. The first-order valence-corrected chi connectivity index (χ1v) is 8.19. The first-order valence-electron chi connectivity index (χ1n) is 7.40. The molecule has 0 radical (unpaired) electrons. The van der Waals surface area contributed by atoms with Crippen LogP contribution in [0.15, 0.2) is 54.3 Å². The minimum Gasteiger partial charge on any atom is -0.495 e. The number of benzene rings is 1. The lowest BCUT2D eigenvalue weighted by molar-refractivity contribution is -0.00880. The molecular weight excluding hydrogens is 328 g/mol. The fourth-order valence-corrected chi connectivity index (χ4v) is 3.56. The molecule has 0 heterocycles. The minimum atomic E-state index is -0.582. The van der Waals surface area contributed by atoms with Crippen molar-refractivity contribution in [3.05, 3.63) is 59.9 Å². The zero-order valence-electron chi connectivity index (χ0n) is 13.0. The molecule has 1 aliphatic rings. The van der Waals surface area contributed by atoms with E-state index < -0.39 is 4.51 Å². The van der Waals surface area contributed by atoms with Gasteiger partial charge in [0, 0.05) is 0 Å². The summed E-state index contributed by atoms with van der Waals surface area (Å²) in [5.41, 5.74) is 1.17. The first kappa shape index (κ1) is 16.3. The molecule has 0 bridgehead atoms. The topological polar surface area (TPSA) is 18.5 Å². The van der Waals surface area contributed by atoms with E-state index in [2.05, 4.69) is 34.1 Å². The number of alkyl halides is 1. The van der Waals surface area contributed by atoms with Gasteiger partial charge in [-0.1, -0.05) is 36.4 Å². The molecule has 3 heteroatoms. The Kier molecular flexibility index (Phi) is 5.28. The quantitative estimate of drug-likeness (QED) is 0.682. The van der Waals surface area contributed by atoms with Gasteiger partial charge in [0.2, 0.25) is 0 Å². The van der Waals surface area contributed by atoms with Gasteiger partial charge in [0.1, 0.15) is 5.76 Å². The molecule has 114 valence electrons. The van der Waals surface area contributed by atoms with Gasteiger partial charge in [-0.2, -0.15) is 0 Å². The van der Waals surface area contributed by atoms with Gasteiger partial charge in [-0.05, 0) is 61.3 Å². The number of halogens is 1. The summed E-state index contributed by atoms with van der Waals surface area (Å²) in [5.74, 6) is 0.921. The number of hydrogen-bond acceptors (Lipinski definition) is 2. The summed E-state index contributed by atoms with van der Waals surface area (Å²) in [5, 5.41) is 0. The molecule has 2 atom stereocenters. The van der Waals surface area contributed by atoms with Crippen LogP contribution < -0.4 is 0 Å². The molecule has 2 unspecified atom stereocenters. The van der Waals surface area contributed by atoms with Gasteiger partial charge < -0.3 is 9.47 Å². The number of allylic oxidation sites excluding steroid dienone is 2. The molecule has 0 N–H and O–H groups in total. The highest BCUT2D eigenvalue weighted by Crippen LogP contribution is 2.46. The highest BCUT2D eigenvalue weighted by atomic mass is 79.9. The Labute approximate surface area is 136 Å². The fraction of sp³-hybridized carbons (Fsp3) is 0.444. The van der Waals surface area contributed by atoms with Gasteiger partial charge in [0.25, 0.3) is 0 Å². The third kappa shape index (κ3) is 3.98. The molecule has 0 aromatic heterocycles. The Morgan fingerprint density at radius 3 is 2.29 bits per heavy atom. The maximum Gasteiger partial charge on any atom is 0.155 e. The van der Waals surface area contributed by atoms with Crippen LogP contribution in [0.1, 0.15) is 39.2 Å². The largest absolute Gasteiger partial charge is 0.495 e. The molecule has 1 aliphatic carbocycles. The zero-order valence-corrected chi connectivity index (χ0v) is 14.6. The Morgan fingerprint density at radius 2 is 1.71 bits per heavy atom. The zero-order chi connectivity index (χ0) is 15.5. The van der Waals surface area contributed by atoms with Crippen molar-refractivity contribution >= 4 is 15.9 Å². The minimum absolute atomic E-state index is 0.00602. The predicted octanol–water partition coefficient (Wildman–Crippen LogP) is 5.17. The summed E-state index contributed by atoms with van der Waals surface area (Å²) in [7, 11) is 0. The van der Waals surface area contributed by atoms with E-state index in [4.69, 9.17) is 9.47 Å². The van der Waals surface area contributed by atoms with E-state index in [1.54, 1.807) is 0 Å². The lowest BCUT2D eigenvalue weighted by Crippen LogP contribution is -2.37. The second-order valence-corrected chi connectivity index (χ2v) is 7.04. The van der Waals surface area contributed by atoms with Crippen LogP contribution in [0.2, 0.25) is 0 Å². The van der Waals surface area contributed by atoms with Gasteiger partial charge in [0.05, 0.1) is 18.1 Å². The highest BCUT2D eigenvalue weighted by Gasteiger charge is 2.42. The van der Waals surface area contributed by atoms with Crippen molar-refractivity contribution in [2.45, 2.75) is 50.3 Å². The first-order chi connectivity index (χ1) is 9.92. The Balaban J connectivity index is 2.42. The summed E-state index contributed by atoms with van der Waals surface area (Å²) < 4.78 is 11.6. The molecule has 0 saturated heterocycles. The molecule has 2 rings (SSSR count). The maximum atomic E-state index is 6.17. The molecule has 0 aliphatic heterocycles. The van der Waals surface area contributed by atoms with E-state index in [0.29, 0.717) is 0 Å². The molecule has 21 heavy (non-hydrogen) atoms. The highest BCUT2D eigenvalue weighted by molar-refractivity contribution is 9.10. The fourth-order valence-electron chi connectivity index (χ4n) is 2.55. The van der Waals surface area contributed by atoms with E-state index in [0.717, 1.165) is 5.76 Å². The standard InChI is InChI=1S/C18H23BrO2/c1-13(2)20-16-11-8-12-18(19,21-14(3)4)17(16)15-9-6-5-7-10-15/h5-14,17H,1-4H3. The average molecular weight is 351 g/mol. The average Bonchev–Trinajstić information content (AvgIpc) is 2.37. The van der Waals surface area contributed by atoms with Crippen molar-refractivity contribution in [1.29, 1.82) is 0 Å². The number of hydrogen-bond donors (Lipinski definition) is 0. The summed E-state index contributed by atoms with van der Waals surface area (Å²) in [6.45, 7) is 8.17. The second kappa shape index (κ2) is 6.80. The maximum absolute atomic E-state index is 6.17. The van der Waals surface area contributed by atoms with Crippen LogP contribution in [-0.4, -0.2) is 16.7 Å². The van der Waals surface area contributed by atoms with Crippen LogP contribution in [0.4, 0.5) is 0 Å². The van der Waals surface area contributed by atoms with Crippen LogP contribution >= 0.6 is 15.9 Å². The SMILES string of the molecule is CC(C)OC1=CC=CC(Br)(OC(C)C)C1c1ccccc1. The summed E-state index contributed by atoms with van der Waals surface area (Å²) in [6.07, 6.45) is 6.32. The van der Waals surface area contributed by atoms with Gasteiger partial charge in [-0.3, -0.25) is 0 Å². The van der Waals surface area contributed by atoms with Crippen LogP contribution in [0.5, 0.6) is 0 Å². The summed E-state index contributed by atoms with van der Waals surface area (Å²) in [6, 6.07) is 10.3. The summed E-state index contributed by atoms with van der Waals surface area (Å²) in [4.78, 5) is 0. The number of ether oxygens (including phenoxy) is 2. The van der Waals surface area contributed by atoms with Crippen LogP contribution in [0.25, 0.3) is 0 Å². The Bertz CT molecular complexity index is 519. The van der Waals surface area contributed by atoms with Crippen LogP contribution in [0, 0.1) is 0 Å². The van der Waals surface area contributed by atoms with Gasteiger partial charge in [0.15, 0.2) is 4.51 Å². The monoisotopic (exact) mass is 350 g/mol.